The third-order valence-electron chi connectivity index (χ3n) is 9.08. The second-order valence-electron chi connectivity index (χ2n) is 12.8. The summed E-state index contributed by atoms with van der Waals surface area (Å²) >= 11 is 12.7. The van der Waals surface area contributed by atoms with Crippen molar-refractivity contribution in [3.8, 4) is 28.4 Å². The minimum absolute atomic E-state index is 0.0910. The van der Waals surface area contributed by atoms with Gasteiger partial charge in [0.05, 0.1) is 30.3 Å². The number of pyridine rings is 1. The van der Waals surface area contributed by atoms with E-state index in [2.05, 4.69) is 26.8 Å². The van der Waals surface area contributed by atoms with Crippen LogP contribution in [-0.2, 0) is 4.79 Å². The number of likely N-dealkylation sites (tertiary alicyclic amines) is 1. The maximum atomic E-state index is 14.5. The number of carbonyl (C=O) groups excluding carboxylic acids is 2. The van der Waals surface area contributed by atoms with Crippen molar-refractivity contribution in [2.24, 2.45) is 5.92 Å². The van der Waals surface area contributed by atoms with Gasteiger partial charge in [0.1, 0.15) is 17.5 Å². The summed E-state index contributed by atoms with van der Waals surface area (Å²) in [7, 11) is 0. The molecule has 1 aliphatic heterocycles. The highest BCUT2D eigenvalue weighted by atomic mass is 35.5. The Balaban J connectivity index is 1.31. The number of hydrogen-bond acceptors (Lipinski definition) is 5. The van der Waals surface area contributed by atoms with E-state index in [-0.39, 0.29) is 35.8 Å². The molecule has 0 saturated carbocycles. The largest absolute Gasteiger partial charge is 0.471 e. The number of nitrogens with one attached hydrogen (secondary N) is 2. The molecule has 50 heavy (non-hydrogen) atoms. The van der Waals surface area contributed by atoms with Crippen molar-refractivity contribution in [3.63, 3.8) is 0 Å². The van der Waals surface area contributed by atoms with Gasteiger partial charge in [-0.1, -0.05) is 85.6 Å². The molecule has 254 valence electrons. The van der Waals surface area contributed by atoms with Crippen LogP contribution in [0.1, 0.15) is 49.3 Å². The van der Waals surface area contributed by atoms with Crippen molar-refractivity contribution in [2.45, 2.75) is 39.3 Å². The molecule has 2 atom stereocenters. The molecule has 2 N–H and O–H groups in total. The Morgan fingerprint density at radius 2 is 1.70 bits per heavy atom. The van der Waals surface area contributed by atoms with Crippen molar-refractivity contribution < 1.29 is 14.3 Å². The first-order chi connectivity index (χ1) is 24.2. The molecule has 6 aromatic rings. The maximum absolute atomic E-state index is 14.5. The lowest BCUT2D eigenvalue weighted by molar-refractivity contribution is -0.133. The Hall–Kier alpha value is -5.12. The van der Waals surface area contributed by atoms with E-state index in [9.17, 15) is 9.59 Å². The van der Waals surface area contributed by atoms with E-state index in [0.29, 0.717) is 52.0 Å². The monoisotopic (exact) mass is 706 g/mol. The number of imidazole rings is 1. The summed E-state index contributed by atoms with van der Waals surface area (Å²) in [6, 6.07) is 26.5. The molecular formula is C39H36Cl2N6O3. The molecular weight excluding hydrogens is 671 g/mol. The number of carbonyl (C=O) groups is 2. The number of benzene rings is 3. The Morgan fingerprint density at radius 3 is 2.46 bits per heavy atom. The van der Waals surface area contributed by atoms with E-state index >= 15 is 0 Å². The molecule has 7 rings (SSSR count). The van der Waals surface area contributed by atoms with Gasteiger partial charge in [-0.25, -0.2) is 9.97 Å². The number of fused-ring (bicyclic) bond motifs is 1. The average Bonchev–Trinajstić information content (AvgIpc) is 3.86. The number of H-pyrrole nitrogens is 1. The van der Waals surface area contributed by atoms with Gasteiger partial charge < -0.3 is 24.5 Å². The smallest absolute Gasteiger partial charge is 0.272 e. The number of amides is 2. The number of aromatic amines is 1. The zero-order valence-corrected chi connectivity index (χ0v) is 29.4. The predicted octanol–water partition coefficient (Wildman–Crippen LogP) is 8.90. The van der Waals surface area contributed by atoms with Gasteiger partial charge in [0.2, 0.25) is 11.8 Å². The second kappa shape index (κ2) is 14.0. The first-order valence-electron chi connectivity index (χ1n) is 16.6. The van der Waals surface area contributed by atoms with E-state index in [1.165, 1.54) is 0 Å². The minimum atomic E-state index is -0.390. The zero-order chi connectivity index (χ0) is 34.9. The lowest BCUT2D eigenvalue weighted by Gasteiger charge is -2.20. The standard InChI is InChI=1S/C39H36Cl2N6O3/c1-23(2)39(49)46-19-17-29(21-46)50-38-31(10-7-18-42-38)45-37(48)35-33(30-16-15-28(41)20-32(30)44-35)36-34(26-8-5-4-6-9-26)43-22-47(36)24(3)25-11-13-27(40)14-12-25/h4-16,18,20,22-24,29,44H,17,19,21H2,1-3H3,(H,45,48)/t24-,29+/m0/s1. The predicted molar refractivity (Wildman–Crippen MR) is 198 cm³/mol. The number of halogens is 2. The molecule has 0 unspecified atom stereocenters. The van der Waals surface area contributed by atoms with Gasteiger partial charge in [-0.3, -0.25) is 9.59 Å². The zero-order valence-electron chi connectivity index (χ0n) is 27.9. The molecule has 0 spiro atoms. The average molecular weight is 708 g/mol. The summed E-state index contributed by atoms with van der Waals surface area (Å²) in [5, 5.41) is 5.06. The number of rotatable bonds is 9. The molecule has 1 fully saturated rings. The molecule has 3 aromatic heterocycles. The fourth-order valence-corrected chi connectivity index (χ4v) is 6.81. The lowest BCUT2D eigenvalue weighted by atomic mass is 9.99. The highest BCUT2D eigenvalue weighted by Gasteiger charge is 2.31. The molecule has 1 aliphatic rings. The SMILES string of the molecule is CC(C)C(=O)N1CC[C@@H](Oc2ncccc2NC(=O)c2[nH]c3cc(Cl)ccc3c2-c2c(-c3ccccc3)ncn2[C@@H](C)c2ccc(Cl)cc2)C1. The molecule has 0 radical (unpaired) electrons. The number of anilines is 1. The van der Waals surface area contributed by atoms with Crippen LogP contribution < -0.4 is 10.1 Å². The van der Waals surface area contributed by atoms with Gasteiger partial charge in [-0.15, -0.1) is 0 Å². The minimum Gasteiger partial charge on any atom is -0.471 e. The fraction of sp³-hybridized carbons (Fsp3) is 0.231. The third kappa shape index (κ3) is 6.58. The molecule has 3 aromatic carbocycles. The van der Waals surface area contributed by atoms with Crippen molar-refractivity contribution in [1.82, 2.24) is 24.4 Å². The number of ether oxygens (including phenoxy) is 1. The summed E-state index contributed by atoms with van der Waals surface area (Å²) < 4.78 is 8.38. The Morgan fingerprint density at radius 1 is 0.940 bits per heavy atom. The van der Waals surface area contributed by atoms with Gasteiger partial charge in [-0.05, 0) is 48.9 Å². The van der Waals surface area contributed by atoms with Crippen molar-refractivity contribution in [2.75, 3.05) is 18.4 Å². The van der Waals surface area contributed by atoms with Crippen LogP contribution in [0.15, 0.2) is 97.5 Å². The van der Waals surface area contributed by atoms with Gasteiger partial charge in [0.25, 0.3) is 5.91 Å². The summed E-state index contributed by atoms with van der Waals surface area (Å²) in [6.45, 7) is 6.95. The quantitative estimate of drug-likeness (QED) is 0.156. The number of nitrogens with zero attached hydrogens (tertiary/aromatic N) is 4. The summed E-state index contributed by atoms with van der Waals surface area (Å²) in [4.78, 5) is 41.6. The highest BCUT2D eigenvalue weighted by Crippen LogP contribution is 2.41. The van der Waals surface area contributed by atoms with Crippen LogP contribution >= 0.6 is 23.2 Å². The van der Waals surface area contributed by atoms with E-state index in [4.69, 9.17) is 32.9 Å². The summed E-state index contributed by atoms with van der Waals surface area (Å²) in [6.07, 6.45) is 3.87. The Labute approximate surface area is 300 Å². The lowest BCUT2D eigenvalue weighted by Crippen LogP contribution is -2.34. The number of hydrogen-bond donors (Lipinski definition) is 2. The van der Waals surface area contributed by atoms with Crippen LogP contribution in [0.25, 0.3) is 33.4 Å². The fourth-order valence-electron chi connectivity index (χ4n) is 6.51. The van der Waals surface area contributed by atoms with E-state index in [1.807, 2.05) is 97.9 Å². The van der Waals surface area contributed by atoms with E-state index < -0.39 is 0 Å². The van der Waals surface area contributed by atoms with Crippen LogP contribution in [0.2, 0.25) is 10.0 Å². The molecule has 9 nitrogen and oxygen atoms in total. The Kier molecular flexibility index (Phi) is 9.35. The summed E-state index contributed by atoms with van der Waals surface area (Å²) in [5.74, 6) is -0.0980. The van der Waals surface area contributed by atoms with Crippen LogP contribution in [0, 0.1) is 5.92 Å². The third-order valence-corrected chi connectivity index (χ3v) is 9.57. The molecule has 0 bridgehead atoms. The van der Waals surface area contributed by atoms with Crippen molar-refractivity contribution in [1.29, 1.82) is 0 Å². The molecule has 1 saturated heterocycles. The van der Waals surface area contributed by atoms with Gasteiger partial charge in [0.15, 0.2) is 0 Å². The van der Waals surface area contributed by atoms with Crippen LogP contribution in [0.5, 0.6) is 5.88 Å². The molecule has 4 heterocycles. The highest BCUT2D eigenvalue weighted by molar-refractivity contribution is 6.31. The van der Waals surface area contributed by atoms with Gasteiger partial charge >= 0.3 is 0 Å². The molecule has 2 amide bonds. The van der Waals surface area contributed by atoms with Crippen LogP contribution in [0.4, 0.5) is 5.69 Å². The topological polar surface area (TPSA) is 105 Å². The first-order valence-corrected chi connectivity index (χ1v) is 17.3. The number of aromatic nitrogens is 4. The molecule has 0 aliphatic carbocycles. The van der Waals surface area contributed by atoms with Crippen molar-refractivity contribution >= 4 is 51.6 Å². The Bertz CT molecular complexity index is 2180. The van der Waals surface area contributed by atoms with Crippen LogP contribution in [-0.4, -0.2) is 55.4 Å². The summed E-state index contributed by atoms with van der Waals surface area (Å²) in [5.41, 5.74) is 5.55. The maximum Gasteiger partial charge on any atom is 0.272 e. The van der Waals surface area contributed by atoms with Gasteiger partial charge in [-0.2, -0.15) is 0 Å². The van der Waals surface area contributed by atoms with Crippen LogP contribution in [0.3, 0.4) is 0 Å². The van der Waals surface area contributed by atoms with E-state index in [0.717, 1.165) is 27.9 Å². The van der Waals surface area contributed by atoms with Gasteiger partial charge in [0, 0.05) is 57.2 Å². The van der Waals surface area contributed by atoms with Crippen molar-refractivity contribution in [3.05, 3.63) is 119 Å². The molecule has 11 heteroatoms. The normalized spacial score (nSPS) is 15.1. The first kappa shape index (κ1) is 33.4. The second-order valence-corrected chi connectivity index (χ2v) is 13.7. The van der Waals surface area contributed by atoms with E-state index in [1.54, 1.807) is 18.3 Å².